The van der Waals surface area contributed by atoms with Crippen LogP contribution in [0.25, 0.3) is 11.3 Å². The van der Waals surface area contributed by atoms with Crippen molar-refractivity contribution in [1.82, 2.24) is 20.3 Å². The average Bonchev–Trinajstić information content (AvgIpc) is 3.18. The van der Waals surface area contributed by atoms with Gasteiger partial charge in [-0.25, -0.2) is 0 Å². The average molecular weight is 348 g/mol. The maximum Gasteiger partial charge on any atom is 0.276 e. The first-order valence-electron chi connectivity index (χ1n) is 8.68. The summed E-state index contributed by atoms with van der Waals surface area (Å²) < 4.78 is 6.05. The zero-order valence-electron chi connectivity index (χ0n) is 14.5. The third-order valence-corrected chi connectivity index (χ3v) is 4.52. The molecule has 0 bridgehead atoms. The number of ether oxygens (including phenoxy) is 1. The summed E-state index contributed by atoms with van der Waals surface area (Å²) in [6.45, 7) is 3.01. The highest BCUT2D eigenvalue weighted by atomic mass is 16.5. The summed E-state index contributed by atoms with van der Waals surface area (Å²) in [6.07, 6.45) is -0.194. The van der Waals surface area contributed by atoms with Crippen molar-refractivity contribution < 1.29 is 9.53 Å². The number of amides is 1. The van der Waals surface area contributed by atoms with Gasteiger partial charge in [0.15, 0.2) is 5.69 Å². The van der Waals surface area contributed by atoms with Crippen LogP contribution in [0.5, 0.6) is 0 Å². The minimum atomic E-state index is -0.143. The fraction of sp³-hybridized carbons (Fsp3) is 0.250. The summed E-state index contributed by atoms with van der Waals surface area (Å²) in [5.74, 6) is -0.131. The van der Waals surface area contributed by atoms with Gasteiger partial charge in [0.05, 0.1) is 12.6 Å². The van der Waals surface area contributed by atoms with Crippen molar-refractivity contribution in [3.05, 3.63) is 71.9 Å². The van der Waals surface area contributed by atoms with E-state index in [1.54, 1.807) is 4.90 Å². The summed E-state index contributed by atoms with van der Waals surface area (Å²) in [7, 11) is 0. The van der Waals surface area contributed by atoms with Crippen LogP contribution in [0, 0.1) is 0 Å². The Balaban J connectivity index is 1.60. The summed E-state index contributed by atoms with van der Waals surface area (Å²) in [5, 5.41) is 10.9. The van der Waals surface area contributed by atoms with Crippen LogP contribution in [0.15, 0.2) is 60.7 Å². The molecule has 1 amide bonds. The molecule has 1 fully saturated rings. The number of morpholine rings is 1. The smallest absolute Gasteiger partial charge is 0.276 e. The van der Waals surface area contributed by atoms with Crippen molar-refractivity contribution in [1.29, 1.82) is 0 Å². The molecule has 0 spiro atoms. The van der Waals surface area contributed by atoms with Gasteiger partial charge in [0.1, 0.15) is 11.8 Å². The Morgan fingerprint density at radius 3 is 2.46 bits per heavy atom. The van der Waals surface area contributed by atoms with Crippen LogP contribution in [0.4, 0.5) is 0 Å². The molecule has 0 radical (unpaired) electrons. The van der Waals surface area contributed by atoms with Crippen molar-refractivity contribution in [3.8, 4) is 11.3 Å². The highest BCUT2D eigenvalue weighted by molar-refractivity contribution is 5.98. The van der Waals surface area contributed by atoms with Gasteiger partial charge >= 0.3 is 0 Å². The Labute approximate surface area is 151 Å². The van der Waals surface area contributed by atoms with Crippen LogP contribution in [-0.2, 0) is 4.74 Å². The fourth-order valence-corrected chi connectivity index (χ4v) is 3.30. The predicted molar refractivity (Wildman–Crippen MR) is 97.5 cm³/mol. The Hall–Kier alpha value is -2.99. The number of H-pyrrole nitrogens is 1. The molecule has 4 rings (SSSR count). The summed E-state index contributed by atoms with van der Waals surface area (Å²) in [5.41, 5.74) is 2.86. The van der Waals surface area contributed by atoms with Crippen LogP contribution in [0.3, 0.4) is 0 Å². The number of nitrogens with zero attached hydrogens (tertiary/aromatic N) is 3. The maximum atomic E-state index is 13.1. The number of aromatic nitrogens is 3. The molecular formula is C20H20N4O2. The standard InChI is InChI=1S/C20H20N4O2/c1-14-12-24(13-17(26-14)15-8-4-2-5-9-15)20(25)19-18(21-23-22-19)16-10-6-3-7-11-16/h2-11,14,17H,12-13H2,1H3,(H,21,22,23)/t14-,17+/m1/s1. The summed E-state index contributed by atoms with van der Waals surface area (Å²) in [4.78, 5) is 14.9. The van der Waals surface area contributed by atoms with Crippen LogP contribution < -0.4 is 0 Å². The number of benzene rings is 2. The zero-order valence-corrected chi connectivity index (χ0v) is 14.5. The Morgan fingerprint density at radius 2 is 1.73 bits per heavy atom. The van der Waals surface area contributed by atoms with Gasteiger partial charge in [-0.2, -0.15) is 15.4 Å². The topological polar surface area (TPSA) is 71.1 Å². The van der Waals surface area contributed by atoms with Gasteiger partial charge in [-0.05, 0) is 12.5 Å². The SMILES string of the molecule is C[C@@H]1CN(C(=O)c2n[nH]nc2-c2ccccc2)C[C@@H](c2ccccc2)O1. The predicted octanol–water partition coefficient (Wildman–Crippen LogP) is 3.07. The van der Waals surface area contributed by atoms with Gasteiger partial charge < -0.3 is 9.64 Å². The second-order valence-electron chi connectivity index (χ2n) is 6.44. The van der Waals surface area contributed by atoms with Gasteiger partial charge in [-0.15, -0.1) is 0 Å². The quantitative estimate of drug-likeness (QED) is 0.790. The monoisotopic (exact) mass is 348 g/mol. The van der Waals surface area contributed by atoms with E-state index < -0.39 is 0 Å². The van der Waals surface area contributed by atoms with Gasteiger partial charge in [0.25, 0.3) is 5.91 Å². The van der Waals surface area contributed by atoms with E-state index in [1.807, 2.05) is 67.6 Å². The molecule has 2 atom stereocenters. The van der Waals surface area contributed by atoms with Gasteiger partial charge in [0, 0.05) is 12.1 Å². The molecule has 1 aromatic heterocycles. The number of carbonyl (C=O) groups excluding carboxylic acids is 1. The lowest BCUT2D eigenvalue weighted by Gasteiger charge is -2.36. The third-order valence-electron chi connectivity index (χ3n) is 4.52. The molecule has 1 aliphatic heterocycles. The van der Waals surface area contributed by atoms with E-state index in [0.717, 1.165) is 11.1 Å². The van der Waals surface area contributed by atoms with Crippen LogP contribution >= 0.6 is 0 Å². The number of carbonyl (C=O) groups is 1. The molecule has 0 unspecified atom stereocenters. The number of hydrogen-bond donors (Lipinski definition) is 1. The van der Waals surface area contributed by atoms with Crippen LogP contribution in [0.2, 0.25) is 0 Å². The van der Waals surface area contributed by atoms with Crippen LogP contribution in [-0.4, -0.2) is 45.4 Å². The first-order valence-corrected chi connectivity index (χ1v) is 8.68. The number of hydrogen-bond acceptors (Lipinski definition) is 4. The lowest BCUT2D eigenvalue weighted by molar-refractivity contribution is -0.0692. The largest absolute Gasteiger partial charge is 0.367 e. The second-order valence-corrected chi connectivity index (χ2v) is 6.44. The van der Waals surface area contributed by atoms with Crippen LogP contribution in [0.1, 0.15) is 29.1 Å². The Morgan fingerprint density at radius 1 is 1.04 bits per heavy atom. The van der Waals surface area contributed by atoms with Gasteiger partial charge in [-0.3, -0.25) is 4.79 Å². The molecule has 6 nitrogen and oxygen atoms in total. The molecule has 6 heteroatoms. The zero-order chi connectivity index (χ0) is 17.9. The van der Waals surface area contributed by atoms with Crippen molar-refractivity contribution in [2.75, 3.05) is 13.1 Å². The highest BCUT2D eigenvalue weighted by Gasteiger charge is 2.32. The number of rotatable bonds is 3. The first-order chi connectivity index (χ1) is 12.7. The fourth-order valence-electron chi connectivity index (χ4n) is 3.30. The van der Waals surface area contributed by atoms with E-state index >= 15 is 0 Å². The minimum absolute atomic E-state index is 0.0509. The molecule has 1 saturated heterocycles. The van der Waals surface area contributed by atoms with E-state index in [0.29, 0.717) is 24.5 Å². The van der Waals surface area contributed by atoms with Crippen molar-refractivity contribution in [3.63, 3.8) is 0 Å². The Bertz CT molecular complexity index is 879. The van der Waals surface area contributed by atoms with Crippen molar-refractivity contribution in [2.24, 2.45) is 0 Å². The minimum Gasteiger partial charge on any atom is -0.367 e. The van der Waals surface area contributed by atoms with E-state index in [4.69, 9.17) is 4.74 Å². The van der Waals surface area contributed by atoms with E-state index in [9.17, 15) is 4.79 Å². The molecule has 2 heterocycles. The number of aromatic amines is 1. The van der Waals surface area contributed by atoms with Gasteiger partial charge in [-0.1, -0.05) is 60.7 Å². The molecule has 26 heavy (non-hydrogen) atoms. The van der Waals surface area contributed by atoms with Gasteiger partial charge in [0.2, 0.25) is 0 Å². The molecule has 1 aliphatic rings. The normalized spacial score (nSPS) is 20.1. The second kappa shape index (κ2) is 7.09. The van der Waals surface area contributed by atoms with Crippen molar-refractivity contribution >= 4 is 5.91 Å². The summed E-state index contributed by atoms with van der Waals surface area (Å²) in [6, 6.07) is 19.6. The molecule has 0 saturated carbocycles. The molecule has 2 aromatic carbocycles. The lowest BCUT2D eigenvalue weighted by Crippen LogP contribution is -2.46. The summed E-state index contributed by atoms with van der Waals surface area (Å²) >= 11 is 0. The van der Waals surface area contributed by atoms with E-state index in [-0.39, 0.29) is 18.1 Å². The van der Waals surface area contributed by atoms with E-state index in [2.05, 4.69) is 15.4 Å². The molecule has 3 aromatic rings. The third kappa shape index (κ3) is 3.23. The number of nitrogens with one attached hydrogen (secondary N) is 1. The Kier molecular flexibility index (Phi) is 4.50. The highest BCUT2D eigenvalue weighted by Crippen LogP contribution is 2.27. The van der Waals surface area contributed by atoms with E-state index in [1.165, 1.54) is 0 Å². The molecular weight excluding hydrogens is 328 g/mol. The molecule has 132 valence electrons. The molecule has 0 aliphatic carbocycles. The molecule has 1 N–H and O–H groups in total. The first kappa shape index (κ1) is 16.5. The lowest BCUT2D eigenvalue weighted by atomic mass is 10.1. The maximum absolute atomic E-state index is 13.1. The van der Waals surface area contributed by atoms with Crippen molar-refractivity contribution in [2.45, 2.75) is 19.1 Å².